The number of carbonyl (C=O) groups is 1. The van der Waals surface area contributed by atoms with Crippen molar-refractivity contribution in [1.82, 2.24) is 20.4 Å². The molecule has 1 atom stereocenters. The van der Waals surface area contributed by atoms with Gasteiger partial charge < -0.3 is 14.7 Å². The van der Waals surface area contributed by atoms with Gasteiger partial charge in [-0.1, -0.05) is 41.6 Å². The van der Waals surface area contributed by atoms with Gasteiger partial charge in [0.15, 0.2) is 5.82 Å². The van der Waals surface area contributed by atoms with Crippen molar-refractivity contribution in [2.24, 2.45) is 0 Å². The number of hydrogen-bond donors (Lipinski definition) is 1. The Kier molecular flexibility index (Phi) is 6.76. The summed E-state index contributed by atoms with van der Waals surface area (Å²) in [5.74, 6) is 1.21. The SMILES string of the molecule is C[C@@H](CCc1ccccc1)NC(=O)CCc1nc(C2=CCN(C)CC2)no1. The smallest absolute Gasteiger partial charge is 0.227 e. The van der Waals surface area contributed by atoms with Crippen LogP contribution in [0.2, 0.25) is 0 Å². The summed E-state index contributed by atoms with van der Waals surface area (Å²) in [6, 6.07) is 10.5. The number of nitrogens with zero attached hydrogens (tertiary/aromatic N) is 3. The summed E-state index contributed by atoms with van der Waals surface area (Å²) in [6.45, 7) is 3.94. The van der Waals surface area contributed by atoms with Crippen LogP contribution in [0.25, 0.3) is 5.57 Å². The van der Waals surface area contributed by atoms with E-state index < -0.39 is 0 Å². The summed E-state index contributed by atoms with van der Waals surface area (Å²) >= 11 is 0. The minimum Gasteiger partial charge on any atom is -0.354 e. The van der Waals surface area contributed by atoms with Gasteiger partial charge in [0, 0.05) is 32.0 Å². The summed E-state index contributed by atoms with van der Waals surface area (Å²) in [5, 5.41) is 7.11. The van der Waals surface area contributed by atoms with Crippen LogP contribution in [0.4, 0.5) is 0 Å². The summed E-state index contributed by atoms with van der Waals surface area (Å²) < 4.78 is 5.31. The van der Waals surface area contributed by atoms with Crippen LogP contribution in [0, 0.1) is 0 Å². The first-order valence-corrected chi connectivity index (χ1v) is 9.64. The lowest BCUT2D eigenvalue weighted by Gasteiger charge is -2.19. The summed E-state index contributed by atoms with van der Waals surface area (Å²) in [5.41, 5.74) is 2.42. The first-order valence-electron chi connectivity index (χ1n) is 9.64. The Hall–Kier alpha value is -2.47. The number of carbonyl (C=O) groups excluding carboxylic acids is 1. The Morgan fingerprint density at radius 1 is 1.30 bits per heavy atom. The maximum Gasteiger partial charge on any atom is 0.227 e. The average molecular weight is 368 g/mol. The zero-order valence-corrected chi connectivity index (χ0v) is 16.1. The quantitative estimate of drug-likeness (QED) is 0.776. The lowest BCUT2D eigenvalue weighted by atomic mass is 10.1. The van der Waals surface area contributed by atoms with Gasteiger partial charge in [-0.15, -0.1) is 0 Å². The van der Waals surface area contributed by atoms with Crippen LogP contribution < -0.4 is 5.32 Å². The van der Waals surface area contributed by atoms with E-state index in [4.69, 9.17) is 4.52 Å². The fourth-order valence-electron chi connectivity index (χ4n) is 3.13. The molecule has 6 heteroatoms. The number of aromatic nitrogens is 2. The van der Waals surface area contributed by atoms with Gasteiger partial charge in [-0.05, 0) is 44.4 Å². The minimum atomic E-state index is 0.0221. The molecular formula is C21H28N4O2. The molecule has 1 aromatic heterocycles. The Morgan fingerprint density at radius 2 is 2.11 bits per heavy atom. The van der Waals surface area contributed by atoms with E-state index in [1.54, 1.807) is 0 Å². The van der Waals surface area contributed by atoms with Gasteiger partial charge in [0.05, 0.1) is 0 Å². The third-order valence-electron chi connectivity index (χ3n) is 4.85. The van der Waals surface area contributed by atoms with Gasteiger partial charge in [0.25, 0.3) is 0 Å². The Morgan fingerprint density at radius 3 is 2.85 bits per heavy atom. The molecule has 6 nitrogen and oxygen atoms in total. The molecule has 1 aliphatic heterocycles. The molecule has 0 unspecified atom stereocenters. The second-order valence-electron chi connectivity index (χ2n) is 7.25. The second kappa shape index (κ2) is 9.46. The average Bonchev–Trinajstić information content (AvgIpc) is 3.15. The van der Waals surface area contributed by atoms with Gasteiger partial charge in [0.1, 0.15) is 0 Å². The van der Waals surface area contributed by atoms with Crippen molar-refractivity contribution in [3.8, 4) is 0 Å². The summed E-state index contributed by atoms with van der Waals surface area (Å²) in [7, 11) is 2.09. The van der Waals surface area contributed by atoms with Crippen molar-refractivity contribution < 1.29 is 9.32 Å². The molecule has 0 saturated heterocycles. The van der Waals surface area contributed by atoms with Crippen molar-refractivity contribution >= 4 is 11.5 Å². The normalized spacial score (nSPS) is 16.0. The molecule has 1 amide bonds. The number of likely N-dealkylation sites (N-methyl/N-ethyl adjacent to an activating group) is 1. The van der Waals surface area contributed by atoms with Crippen molar-refractivity contribution in [3.63, 3.8) is 0 Å². The molecule has 1 aliphatic rings. The summed E-state index contributed by atoms with van der Waals surface area (Å²) in [6.07, 6.45) is 5.77. The highest BCUT2D eigenvalue weighted by Crippen LogP contribution is 2.19. The first kappa shape index (κ1) is 19.3. The van der Waals surface area contributed by atoms with E-state index in [1.165, 1.54) is 5.56 Å². The number of amides is 1. The van der Waals surface area contributed by atoms with E-state index in [0.29, 0.717) is 24.6 Å². The molecule has 0 radical (unpaired) electrons. The predicted octanol–water partition coefficient (Wildman–Crippen LogP) is 2.86. The molecule has 0 saturated carbocycles. The van der Waals surface area contributed by atoms with Gasteiger partial charge in [-0.2, -0.15) is 4.98 Å². The number of rotatable bonds is 8. The molecule has 0 aliphatic carbocycles. The van der Waals surface area contributed by atoms with E-state index in [0.717, 1.165) is 37.9 Å². The van der Waals surface area contributed by atoms with E-state index in [1.807, 2.05) is 25.1 Å². The molecule has 3 rings (SSSR count). The zero-order chi connectivity index (χ0) is 19.1. The lowest BCUT2D eigenvalue weighted by molar-refractivity contribution is -0.121. The molecule has 0 fully saturated rings. The molecule has 0 bridgehead atoms. The lowest BCUT2D eigenvalue weighted by Crippen LogP contribution is -2.33. The van der Waals surface area contributed by atoms with E-state index in [2.05, 4.69) is 45.6 Å². The molecule has 1 N–H and O–H groups in total. The van der Waals surface area contributed by atoms with Crippen LogP contribution in [0.3, 0.4) is 0 Å². The predicted molar refractivity (Wildman–Crippen MR) is 105 cm³/mol. The highest BCUT2D eigenvalue weighted by atomic mass is 16.5. The van der Waals surface area contributed by atoms with E-state index in [-0.39, 0.29) is 11.9 Å². The largest absolute Gasteiger partial charge is 0.354 e. The Bertz CT molecular complexity index is 769. The highest BCUT2D eigenvalue weighted by molar-refractivity contribution is 5.76. The Balaban J connectivity index is 1.40. The van der Waals surface area contributed by atoms with Crippen molar-refractivity contribution in [2.75, 3.05) is 20.1 Å². The molecule has 2 aromatic rings. The molecular weight excluding hydrogens is 340 g/mol. The molecule has 2 heterocycles. The standard InChI is InChI=1S/C21H28N4O2/c1-16(8-9-17-6-4-3-5-7-17)22-19(26)10-11-20-23-21(24-27-20)18-12-14-25(2)15-13-18/h3-7,12,16H,8-11,13-15H2,1-2H3,(H,22,26)/t16-/m0/s1. The first-order chi connectivity index (χ1) is 13.1. The molecule has 144 valence electrons. The summed E-state index contributed by atoms with van der Waals surface area (Å²) in [4.78, 5) is 18.9. The van der Waals surface area contributed by atoms with Gasteiger partial charge in [0.2, 0.25) is 11.8 Å². The van der Waals surface area contributed by atoms with Crippen molar-refractivity contribution in [3.05, 3.63) is 53.7 Å². The van der Waals surface area contributed by atoms with Crippen molar-refractivity contribution in [1.29, 1.82) is 0 Å². The third-order valence-corrected chi connectivity index (χ3v) is 4.85. The van der Waals surface area contributed by atoms with Crippen molar-refractivity contribution in [2.45, 2.75) is 45.1 Å². The molecule has 0 spiro atoms. The Labute approximate surface area is 160 Å². The minimum absolute atomic E-state index is 0.0221. The topological polar surface area (TPSA) is 71.3 Å². The van der Waals surface area contributed by atoms with Crippen LogP contribution >= 0.6 is 0 Å². The number of benzene rings is 1. The second-order valence-corrected chi connectivity index (χ2v) is 7.25. The van der Waals surface area contributed by atoms with Gasteiger partial charge >= 0.3 is 0 Å². The number of nitrogens with one attached hydrogen (secondary N) is 1. The van der Waals surface area contributed by atoms with Crippen LogP contribution in [-0.2, 0) is 17.6 Å². The maximum atomic E-state index is 12.2. The van der Waals surface area contributed by atoms with Crippen LogP contribution in [0.15, 0.2) is 40.9 Å². The zero-order valence-electron chi connectivity index (χ0n) is 16.1. The maximum absolute atomic E-state index is 12.2. The van der Waals surface area contributed by atoms with E-state index in [9.17, 15) is 4.79 Å². The fourth-order valence-corrected chi connectivity index (χ4v) is 3.13. The molecule has 27 heavy (non-hydrogen) atoms. The highest BCUT2D eigenvalue weighted by Gasteiger charge is 2.16. The third kappa shape index (κ3) is 6.03. The number of hydrogen-bond acceptors (Lipinski definition) is 5. The van der Waals surface area contributed by atoms with Crippen LogP contribution in [-0.4, -0.2) is 47.1 Å². The van der Waals surface area contributed by atoms with Gasteiger partial charge in [-0.3, -0.25) is 4.79 Å². The fraction of sp³-hybridized carbons (Fsp3) is 0.476. The van der Waals surface area contributed by atoms with Crippen LogP contribution in [0.5, 0.6) is 0 Å². The monoisotopic (exact) mass is 368 g/mol. The molecule has 1 aromatic carbocycles. The number of aryl methyl sites for hydroxylation is 2. The van der Waals surface area contributed by atoms with E-state index >= 15 is 0 Å². The van der Waals surface area contributed by atoms with Crippen LogP contribution in [0.1, 0.15) is 43.5 Å². The van der Waals surface area contributed by atoms with Gasteiger partial charge in [-0.25, -0.2) is 0 Å².